The van der Waals surface area contributed by atoms with Gasteiger partial charge in [-0.15, -0.1) is 0 Å². The van der Waals surface area contributed by atoms with Gasteiger partial charge in [-0.2, -0.15) is 0 Å². The first kappa shape index (κ1) is 17.0. The first-order chi connectivity index (χ1) is 13.1. The predicted molar refractivity (Wildman–Crippen MR) is 102 cm³/mol. The van der Waals surface area contributed by atoms with Crippen LogP contribution in [-0.4, -0.2) is 33.7 Å². The molecular weight excluding hydrogens is 412 g/mol. The number of carbonyl (C=O) groups is 1. The van der Waals surface area contributed by atoms with Gasteiger partial charge in [0.05, 0.1) is 17.1 Å². The molecule has 3 unspecified atom stereocenters. The quantitative estimate of drug-likeness (QED) is 0.750. The summed E-state index contributed by atoms with van der Waals surface area (Å²) < 4.78 is 14.2. The standard InChI is InChI=1S/C20H19BrN2O4/c21-15-9-22-10-16-23(13-6-7-14(8-13)27-16)20(25)17(22)19(18(15)24)26-11-12-4-2-1-3-5-12/h1-5,9,13-14,16H,6-8,10-11H2. The van der Waals surface area contributed by atoms with E-state index in [0.717, 1.165) is 24.8 Å². The van der Waals surface area contributed by atoms with Crippen molar-refractivity contribution in [2.24, 2.45) is 0 Å². The molecule has 1 aromatic carbocycles. The van der Waals surface area contributed by atoms with Gasteiger partial charge in [0, 0.05) is 12.2 Å². The van der Waals surface area contributed by atoms with Crippen molar-refractivity contribution in [3.8, 4) is 5.75 Å². The summed E-state index contributed by atoms with van der Waals surface area (Å²) >= 11 is 3.32. The number of aromatic nitrogens is 1. The van der Waals surface area contributed by atoms with E-state index in [9.17, 15) is 9.59 Å². The predicted octanol–water partition coefficient (Wildman–Crippen LogP) is 2.92. The van der Waals surface area contributed by atoms with Gasteiger partial charge in [-0.05, 0) is 40.8 Å². The van der Waals surface area contributed by atoms with E-state index < -0.39 is 0 Å². The third kappa shape index (κ3) is 2.80. The highest BCUT2D eigenvalue weighted by molar-refractivity contribution is 9.10. The van der Waals surface area contributed by atoms with Crippen molar-refractivity contribution in [1.29, 1.82) is 0 Å². The molecule has 1 saturated carbocycles. The van der Waals surface area contributed by atoms with E-state index in [4.69, 9.17) is 9.47 Å². The molecule has 0 N–H and O–H groups in total. The Hall–Kier alpha value is -2.12. The van der Waals surface area contributed by atoms with E-state index in [1.54, 1.807) is 10.8 Å². The fraction of sp³-hybridized carbons (Fsp3) is 0.400. The summed E-state index contributed by atoms with van der Waals surface area (Å²) in [5, 5.41) is 0. The summed E-state index contributed by atoms with van der Waals surface area (Å²) in [6.45, 7) is 0.743. The lowest BCUT2D eigenvalue weighted by molar-refractivity contribution is -0.132. The molecule has 140 valence electrons. The number of pyridine rings is 1. The van der Waals surface area contributed by atoms with Gasteiger partial charge in [-0.25, -0.2) is 0 Å². The Morgan fingerprint density at radius 2 is 2.00 bits per heavy atom. The van der Waals surface area contributed by atoms with Crippen LogP contribution in [-0.2, 0) is 17.9 Å². The number of fused-ring (bicyclic) bond motifs is 5. The van der Waals surface area contributed by atoms with Crippen LogP contribution in [0.25, 0.3) is 0 Å². The summed E-state index contributed by atoms with van der Waals surface area (Å²) in [6.07, 6.45) is 4.45. The largest absolute Gasteiger partial charge is 0.483 e. The van der Waals surface area contributed by atoms with Gasteiger partial charge in [0.1, 0.15) is 6.61 Å². The van der Waals surface area contributed by atoms with Gasteiger partial charge in [-0.3, -0.25) is 9.59 Å². The second-order valence-corrected chi connectivity index (χ2v) is 8.16. The fourth-order valence-corrected chi connectivity index (χ4v) is 4.80. The Labute approximate surface area is 164 Å². The second kappa shape index (κ2) is 6.49. The van der Waals surface area contributed by atoms with E-state index >= 15 is 0 Å². The number of benzene rings is 1. The molecule has 1 saturated heterocycles. The minimum absolute atomic E-state index is 0.108. The Morgan fingerprint density at radius 3 is 2.81 bits per heavy atom. The van der Waals surface area contributed by atoms with Crippen LogP contribution in [0.5, 0.6) is 5.75 Å². The lowest BCUT2D eigenvalue weighted by Gasteiger charge is -2.44. The van der Waals surface area contributed by atoms with Crippen molar-refractivity contribution in [1.82, 2.24) is 9.47 Å². The first-order valence-corrected chi connectivity index (χ1v) is 9.99. The molecule has 2 aromatic rings. The Morgan fingerprint density at radius 1 is 1.19 bits per heavy atom. The van der Waals surface area contributed by atoms with Crippen molar-refractivity contribution < 1.29 is 14.3 Å². The molecule has 2 fully saturated rings. The van der Waals surface area contributed by atoms with Gasteiger partial charge in [0.25, 0.3) is 5.91 Å². The van der Waals surface area contributed by atoms with Crippen LogP contribution in [0.3, 0.4) is 0 Å². The minimum atomic E-state index is -0.300. The maximum atomic E-state index is 13.3. The van der Waals surface area contributed by atoms with Gasteiger partial charge >= 0.3 is 0 Å². The smallest absolute Gasteiger partial charge is 0.276 e. The maximum absolute atomic E-state index is 13.3. The monoisotopic (exact) mass is 430 g/mol. The minimum Gasteiger partial charge on any atom is -0.483 e. The van der Waals surface area contributed by atoms with Crippen LogP contribution < -0.4 is 10.2 Å². The van der Waals surface area contributed by atoms with Crippen molar-refractivity contribution in [2.45, 2.75) is 50.8 Å². The molecule has 2 aliphatic heterocycles. The van der Waals surface area contributed by atoms with E-state index in [-0.39, 0.29) is 42.1 Å². The van der Waals surface area contributed by atoms with Crippen LogP contribution in [0.1, 0.15) is 35.3 Å². The summed E-state index contributed by atoms with van der Waals surface area (Å²) in [4.78, 5) is 27.9. The van der Waals surface area contributed by atoms with E-state index in [2.05, 4.69) is 15.9 Å². The van der Waals surface area contributed by atoms with Crippen LogP contribution in [0.15, 0.2) is 45.8 Å². The van der Waals surface area contributed by atoms with Crippen molar-refractivity contribution in [3.05, 3.63) is 62.5 Å². The third-order valence-corrected chi connectivity index (χ3v) is 6.19. The van der Waals surface area contributed by atoms with Crippen LogP contribution in [0.4, 0.5) is 0 Å². The molecule has 3 aliphatic rings. The van der Waals surface area contributed by atoms with Gasteiger partial charge in [0.15, 0.2) is 17.7 Å². The molecule has 6 nitrogen and oxygen atoms in total. The lowest BCUT2D eigenvalue weighted by atomic mass is 10.1. The summed E-state index contributed by atoms with van der Waals surface area (Å²) in [7, 11) is 0. The fourth-order valence-electron chi connectivity index (χ4n) is 4.37. The molecule has 1 amide bonds. The number of carbonyl (C=O) groups excluding carboxylic acids is 1. The van der Waals surface area contributed by atoms with Crippen molar-refractivity contribution >= 4 is 21.8 Å². The summed E-state index contributed by atoms with van der Waals surface area (Å²) in [5.41, 5.74) is 0.965. The molecule has 27 heavy (non-hydrogen) atoms. The number of amides is 1. The van der Waals surface area contributed by atoms with Crippen LogP contribution in [0.2, 0.25) is 0 Å². The zero-order valence-corrected chi connectivity index (χ0v) is 16.2. The SMILES string of the molecule is O=C1c2c(OCc3ccccc3)c(=O)c(Br)cn2CC2OC3CCC(C3)N12. The van der Waals surface area contributed by atoms with Crippen LogP contribution >= 0.6 is 15.9 Å². The zero-order valence-electron chi connectivity index (χ0n) is 14.6. The average Bonchev–Trinajstić information content (AvgIpc) is 3.04. The molecule has 1 aliphatic carbocycles. The molecular formula is C20H19BrN2O4. The third-order valence-electron chi connectivity index (χ3n) is 5.62. The maximum Gasteiger partial charge on any atom is 0.276 e. The Kier molecular flexibility index (Phi) is 4.09. The number of hydrogen-bond donors (Lipinski definition) is 0. The van der Waals surface area contributed by atoms with Crippen LogP contribution in [0, 0.1) is 0 Å². The number of rotatable bonds is 3. The van der Waals surface area contributed by atoms with E-state index in [1.165, 1.54) is 0 Å². The highest BCUT2D eigenvalue weighted by Gasteiger charge is 2.47. The second-order valence-electron chi connectivity index (χ2n) is 7.30. The van der Waals surface area contributed by atoms with Gasteiger partial charge in [-0.1, -0.05) is 30.3 Å². The molecule has 7 heteroatoms. The topological polar surface area (TPSA) is 60.8 Å². The molecule has 5 rings (SSSR count). The zero-order chi connectivity index (χ0) is 18.5. The first-order valence-electron chi connectivity index (χ1n) is 9.19. The number of hydrogen-bond acceptors (Lipinski definition) is 4. The lowest BCUT2D eigenvalue weighted by Crippen LogP contribution is -2.57. The Balaban J connectivity index is 1.54. The number of nitrogens with zero attached hydrogens (tertiary/aromatic N) is 2. The van der Waals surface area contributed by atoms with Gasteiger partial charge in [0.2, 0.25) is 5.43 Å². The molecule has 3 atom stereocenters. The number of halogens is 1. The molecule has 2 bridgehead atoms. The molecule has 3 heterocycles. The highest BCUT2D eigenvalue weighted by Crippen LogP contribution is 2.39. The average molecular weight is 431 g/mol. The summed E-state index contributed by atoms with van der Waals surface area (Å²) in [6, 6.07) is 9.80. The summed E-state index contributed by atoms with van der Waals surface area (Å²) in [5.74, 6) is -0.0685. The highest BCUT2D eigenvalue weighted by atomic mass is 79.9. The Bertz CT molecular complexity index is 958. The van der Waals surface area contributed by atoms with Gasteiger partial charge < -0.3 is 18.9 Å². The van der Waals surface area contributed by atoms with E-state index in [0.29, 0.717) is 16.7 Å². The number of ether oxygens (including phenoxy) is 2. The molecule has 1 aromatic heterocycles. The molecule has 0 spiro atoms. The van der Waals surface area contributed by atoms with E-state index in [1.807, 2.05) is 35.2 Å². The normalized spacial score (nSPS) is 25.9. The van der Waals surface area contributed by atoms with Crippen molar-refractivity contribution in [2.75, 3.05) is 0 Å². The molecule has 0 radical (unpaired) electrons. The van der Waals surface area contributed by atoms with Crippen molar-refractivity contribution in [3.63, 3.8) is 0 Å².